The van der Waals surface area contributed by atoms with Crippen LogP contribution in [0.15, 0.2) is 12.7 Å². The summed E-state index contributed by atoms with van der Waals surface area (Å²) in [5.41, 5.74) is 0. The van der Waals surface area contributed by atoms with E-state index >= 15 is 0 Å². The van der Waals surface area contributed by atoms with Gasteiger partial charge in [0.1, 0.15) is 0 Å². The van der Waals surface area contributed by atoms with Gasteiger partial charge >= 0.3 is 5.97 Å². The molecule has 0 radical (unpaired) electrons. The molecule has 0 aliphatic rings. The quantitative estimate of drug-likeness (QED) is 0.361. The molecule has 62 valence electrons. The first-order chi connectivity index (χ1) is 5.06. The molecule has 0 aromatic heterocycles. The topological polar surface area (TPSA) is 55.4 Å². The third-order valence-electron chi connectivity index (χ3n) is 0.866. The van der Waals surface area contributed by atoms with Crippen LogP contribution in [0.5, 0.6) is 0 Å². The third-order valence-corrected chi connectivity index (χ3v) is 0.866. The van der Waals surface area contributed by atoms with E-state index in [1.54, 1.807) is 6.92 Å². The monoisotopic (exact) mass is 157 g/mol. The van der Waals surface area contributed by atoms with Crippen molar-refractivity contribution in [3.8, 4) is 0 Å². The molecule has 0 spiro atoms. The van der Waals surface area contributed by atoms with Gasteiger partial charge in [-0.1, -0.05) is 6.58 Å². The lowest BCUT2D eigenvalue weighted by atomic mass is 10.5. The Kier molecular flexibility index (Phi) is 3.95. The van der Waals surface area contributed by atoms with Crippen LogP contribution in [0.1, 0.15) is 13.8 Å². The third kappa shape index (κ3) is 5.14. The Hall–Kier alpha value is -1.32. The Balaban J connectivity index is 3.68. The first-order valence-corrected chi connectivity index (χ1v) is 3.16. The Morgan fingerprint density at radius 1 is 1.64 bits per heavy atom. The molecule has 0 saturated carbocycles. The van der Waals surface area contributed by atoms with Gasteiger partial charge in [0.25, 0.3) is 0 Å². The standard InChI is InChI=1S/C7H11NO3/c1-4-7(10)11-6(3)8-5(2)9/h4,6H,1H2,2-3H3,(H,8,9). The van der Waals surface area contributed by atoms with Crippen LogP contribution in [0.2, 0.25) is 0 Å². The van der Waals surface area contributed by atoms with Crippen LogP contribution in [-0.4, -0.2) is 18.1 Å². The summed E-state index contributed by atoms with van der Waals surface area (Å²) in [4.78, 5) is 20.9. The lowest BCUT2D eigenvalue weighted by Gasteiger charge is -2.11. The van der Waals surface area contributed by atoms with Gasteiger partial charge in [0.05, 0.1) is 0 Å². The van der Waals surface area contributed by atoms with Crippen molar-refractivity contribution in [2.24, 2.45) is 0 Å². The van der Waals surface area contributed by atoms with Crippen LogP contribution in [0.4, 0.5) is 0 Å². The van der Waals surface area contributed by atoms with Crippen LogP contribution in [0.25, 0.3) is 0 Å². The molecule has 0 aromatic rings. The summed E-state index contributed by atoms with van der Waals surface area (Å²) < 4.78 is 4.62. The van der Waals surface area contributed by atoms with E-state index in [2.05, 4.69) is 16.6 Å². The molecule has 1 N–H and O–H groups in total. The second-order valence-corrected chi connectivity index (χ2v) is 1.98. The van der Waals surface area contributed by atoms with Gasteiger partial charge in [-0.25, -0.2) is 4.79 Å². The predicted octanol–water partition coefficient (Wildman–Crippen LogP) is 0.198. The van der Waals surface area contributed by atoms with Gasteiger partial charge in [0.15, 0.2) is 6.23 Å². The fraction of sp³-hybridized carbons (Fsp3) is 0.429. The largest absolute Gasteiger partial charge is 0.439 e. The summed E-state index contributed by atoms with van der Waals surface area (Å²) in [6.07, 6.45) is 0.441. The average molecular weight is 157 g/mol. The summed E-state index contributed by atoms with van der Waals surface area (Å²) in [5, 5.41) is 2.38. The number of hydrogen-bond donors (Lipinski definition) is 1. The van der Waals surface area contributed by atoms with Crippen molar-refractivity contribution < 1.29 is 14.3 Å². The molecule has 0 aliphatic carbocycles. The Bertz CT molecular complexity index is 177. The zero-order valence-corrected chi connectivity index (χ0v) is 6.59. The first-order valence-electron chi connectivity index (χ1n) is 3.16. The van der Waals surface area contributed by atoms with E-state index in [0.717, 1.165) is 6.08 Å². The van der Waals surface area contributed by atoms with E-state index in [-0.39, 0.29) is 5.91 Å². The van der Waals surface area contributed by atoms with E-state index in [1.807, 2.05) is 0 Å². The van der Waals surface area contributed by atoms with Gasteiger partial charge in [-0.3, -0.25) is 4.79 Å². The van der Waals surface area contributed by atoms with Crippen molar-refractivity contribution in [1.82, 2.24) is 5.32 Å². The Morgan fingerprint density at radius 3 is 2.55 bits per heavy atom. The molecule has 0 bridgehead atoms. The number of rotatable bonds is 3. The highest BCUT2D eigenvalue weighted by Crippen LogP contribution is 1.86. The van der Waals surface area contributed by atoms with Gasteiger partial charge in [-0.2, -0.15) is 0 Å². The van der Waals surface area contributed by atoms with Crippen LogP contribution < -0.4 is 5.32 Å². The molecule has 1 amide bonds. The molecule has 4 nitrogen and oxygen atoms in total. The second-order valence-electron chi connectivity index (χ2n) is 1.98. The summed E-state index contributed by atoms with van der Waals surface area (Å²) in [5.74, 6) is -0.791. The molecule has 1 atom stereocenters. The molecule has 0 aliphatic heterocycles. The molecular formula is C7H11NO3. The Labute approximate surface area is 65.2 Å². The number of carbonyl (C=O) groups excluding carboxylic acids is 2. The van der Waals surface area contributed by atoms with Crippen molar-refractivity contribution in [2.45, 2.75) is 20.1 Å². The minimum atomic E-state index is -0.599. The molecule has 4 heteroatoms. The zero-order valence-electron chi connectivity index (χ0n) is 6.59. The van der Waals surface area contributed by atoms with Crippen molar-refractivity contribution in [1.29, 1.82) is 0 Å². The lowest BCUT2D eigenvalue weighted by molar-refractivity contribution is -0.145. The maximum atomic E-state index is 10.5. The zero-order chi connectivity index (χ0) is 8.85. The average Bonchev–Trinajstić information content (AvgIpc) is 1.85. The highest BCUT2D eigenvalue weighted by atomic mass is 16.6. The van der Waals surface area contributed by atoms with E-state index in [9.17, 15) is 9.59 Å². The predicted molar refractivity (Wildman–Crippen MR) is 39.6 cm³/mol. The maximum Gasteiger partial charge on any atom is 0.332 e. The van der Waals surface area contributed by atoms with E-state index in [4.69, 9.17) is 0 Å². The minimum absolute atomic E-state index is 0.241. The van der Waals surface area contributed by atoms with Gasteiger partial charge in [0.2, 0.25) is 5.91 Å². The number of carbonyl (C=O) groups is 2. The molecule has 11 heavy (non-hydrogen) atoms. The number of nitrogens with one attached hydrogen (secondary N) is 1. The number of ether oxygens (including phenoxy) is 1. The van der Waals surface area contributed by atoms with Gasteiger partial charge < -0.3 is 10.1 Å². The summed E-state index contributed by atoms with van der Waals surface area (Å²) in [6, 6.07) is 0. The number of hydrogen-bond acceptors (Lipinski definition) is 3. The van der Waals surface area contributed by atoms with Crippen LogP contribution >= 0.6 is 0 Å². The smallest absolute Gasteiger partial charge is 0.332 e. The van der Waals surface area contributed by atoms with Crippen molar-refractivity contribution in [3.63, 3.8) is 0 Å². The van der Waals surface area contributed by atoms with Gasteiger partial charge in [-0.15, -0.1) is 0 Å². The molecule has 0 fully saturated rings. The Morgan fingerprint density at radius 2 is 2.18 bits per heavy atom. The maximum absolute atomic E-state index is 10.5. The molecule has 0 heterocycles. The lowest BCUT2D eigenvalue weighted by Crippen LogP contribution is -2.33. The molecule has 0 saturated heterocycles. The van der Waals surface area contributed by atoms with Gasteiger partial charge in [-0.05, 0) is 6.92 Å². The van der Waals surface area contributed by atoms with Crippen LogP contribution in [0, 0.1) is 0 Å². The molecule has 1 unspecified atom stereocenters. The van der Waals surface area contributed by atoms with E-state index in [1.165, 1.54) is 6.92 Å². The molecular weight excluding hydrogens is 146 g/mol. The summed E-state index contributed by atoms with van der Waals surface area (Å²) >= 11 is 0. The fourth-order valence-corrected chi connectivity index (χ4v) is 0.538. The SMILES string of the molecule is C=CC(=O)OC(C)NC(C)=O. The second kappa shape index (κ2) is 4.49. The van der Waals surface area contributed by atoms with Crippen molar-refractivity contribution >= 4 is 11.9 Å². The molecule has 0 rings (SSSR count). The van der Waals surface area contributed by atoms with Crippen LogP contribution in [-0.2, 0) is 14.3 Å². The number of amides is 1. The van der Waals surface area contributed by atoms with Gasteiger partial charge in [0, 0.05) is 13.0 Å². The normalized spacial score (nSPS) is 11.5. The van der Waals surface area contributed by atoms with Crippen molar-refractivity contribution in [3.05, 3.63) is 12.7 Å². The highest BCUT2D eigenvalue weighted by molar-refractivity contribution is 5.81. The number of esters is 1. The summed E-state index contributed by atoms with van der Waals surface area (Å²) in [6.45, 7) is 6.11. The minimum Gasteiger partial charge on any atom is -0.439 e. The fourth-order valence-electron chi connectivity index (χ4n) is 0.538. The van der Waals surface area contributed by atoms with Crippen LogP contribution in [0.3, 0.4) is 0 Å². The summed E-state index contributed by atoms with van der Waals surface area (Å²) in [7, 11) is 0. The molecule has 0 aromatic carbocycles. The first kappa shape index (κ1) is 9.68. The highest BCUT2D eigenvalue weighted by Gasteiger charge is 2.05. The van der Waals surface area contributed by atoms with Crippen molar-refractivity contribution in [2.75, 3.05) is 0 Å². The van der Waals surface area contributed by atoms with E-state index in [0.29, 0.717) is 0 Å². The van der Waals surface area contributed by atoms with E-state index < -0.39 is 12.2 Å².